The topological polar surface area (TPSA) is 105 Å². The number of rotatable bonds is 2. The number of nitrogens with zero attached hydrogens (tertiary/aromatic N) is 3. The molecular weight excluding hydrogens is 256 g/mol. The van der Waals surface area contributed by atoms with Crippen molar-refractivity contribution in [2.24, 2.45) is 0 Å². The summed E-state index contributed by atoms with van der Waals surface area (Å²) in [5.74, 6) is -1.23. The van der Waals surface area contributed by atoms with Crippen LogP contribution in [0.3, 0.4) is 0 Å². The van der Waals surface area contributed by atoms with E-state index in [1.54, 1.807) is 6.07 Å². The molecule has 0 aliphatic carbocycles. The van der Waals surface area contributed by atoms with E-state index >= 15 is 0 Å². The molecule has 0 amide bonds. The van der Waals surface area contributed by atoms with Crippen LogP contribution in [0.1, 0.15) is 16.1 Å². The van der Waals surface area contributed by atoms with E-state index in [0.717, 1.165) is 0 Å². The van der Waals surface area contributed by atoms with Gasteiger partial charge < -0.3 is 10.8 Å². The molecule has 2 rings (SSSR count). The van der Waals surface area contributed by atoms with Gasteiger partial charge in [-0.05, 0) is 18.2 Å². The summed E-state index contributed by atoms with van der Waals surface area (Å²) in [6, 6.07) is 6.57. The number of hydrogen-bond acceptors (Lipinski definition) is 4. The number of hydrogen-bond donors (Lipinski definition) is 2. The van der Waals surface area contributed by atoms with Gasteiger partial charge in [0.25, 0.3) is 0 Å². The van der Waals surface area contributed by atoms with Gasteiger partial charge in [-0.25, -0.2) is 9.48 Å². The second-order valence-electron chi connectivity index (χ2n) is 3.46. The van der Waals surface area contributed by atoms with Crippen LogP contribution in [0.15, 0.2) is 24.4 Å². The molecule has 0 bridgehead atoms. The first-order valence-electron chi connectivity index (χ1n) is 4.81. The Morgan fingerprint density at radius 2 is 2.28 bits per heavy atom. The molecule has 7 heteroatoms. The van der Waals surface area contributed by atoms with Crippen LogP contribution >= 0.6 is 11.6 Å². The fourth-order valence-electron chi connectivity index (χ4n) is 1.47. The van der Waals surface area contributed by atoms with E-state index in [0.29, 0.717) is 16.3 Å². The number of nitrogens with two attached hydrogens (primary N) is 1. The maximum Gasteiger partial charge on any atom is 0.358 e. The van der Waals surface area contributed by atoms with Crippen molar-refractivity contribution in [3.8, 4) is 11.8 Å². The minimum atomic E-state index is -1.23. The fourth-order valence-corrected chi connectivity index (χ4v) is 1.63. The summed E-state index contributed by atoms with van der Waals surface area (Å²) in [6.45, 7) is 0. The van der Waals surface area contributed by atoms with Crippen molar-refractivity contribution >= 4 is 23.3 Å². The molecule has 0 aliphatic heterocycles. The summed E-state index contributed by atoms with van der Waals surface area (Å²) in [5, 5.41) is 22.1. The third-order valence-corrected chi connectivity index (χ3v) is 2.51. The van der Waals surface area contributed by atoms with E-state index in [2.05, 4.69) is 5.10 Å². The number of benzene rings is 1. The molecule has 0 saturated heterocycles. The molecule has 0 unspecified atom stereocenters. The van der Waals surface area contributed by atoms with Gasteiger partial charge in [-0.2, -0.15) is 10.4 Å². The lowest BCUT2D eigenvalue weighted by Crippen LogP contribution is -2.03. The largest absolute Gasteiger partial charge is 0.476 e. The van der Waals surface area contributed by atoms with Crippen molar-refractivity contribution in [3.05, 3.63) is 40.7 Å². The van der Waals surface area contributed by atoms with Crippen LogP contribution in [0, 0.1) is 11.3 Å². The molecule has 0 radical (unpaired) electrons. The van der Waals surface area contributed by atoms with Crippen molar-refractivity contribution in [2.75, 3.05) is 5.73 Å². The Labute approximate surface area is 107 Å². The predicted molar refractivity (Wildman–Crippen MR) is 64.7 cm³/mol. The molecule has 0 fully saturated rings. The number of nitriles is 1. The van der Waals surface area contributed by atoms with Crippen LogP contribution in [0.4, 0.5) is 5.69 Å². The Balaban J connectivity index is 2.62. The highest BCUT2D eigenvalue weighted by Gasteiger charge is 2.15. The number of nitrogen functional groups attached to an aromatic ring is 1. The average Bonchev–Trinajstić information content (AvgIpc) is 2.71. The normalized spacial score (nSPS) is 10.0. The van der Waals surface area contributed by atoms with Crippen LogP contribution in [0.2, 0.25) is 5.02 Å². The van der Waals surface area contributed by atoms with E-state index in [1.165, 1.54) is 23.0 Å². The van der Waals surface area contributed by atoms with Crippen LogP contribution in [-0.2, 0) is 0 Å². The van der Waals surface area contributed by atoms with E-state index in [-0.39, 0.29) is 11.4 Å². The molecule has 3 N–H and O–H groups in total. The summed E-state index contributed by atoms with van der Waals surface area (Å²) in [6.07, 6.45) is 1.33. The molecule has 0 spiro atoms. The van der Waals surface area contributed by atoms with Gasteiger partial charge in [-0.1, -0.05) is 11.6 Å². The lowest BCUT2D eigenvalue weighted by Gasteiger charge is -2.03. The van der Waals surface area contributed by atoms with Crippen molar-refractivity contribution in [1.29, 1.82) is 5.26 Å². The van der Waals surface area contributed by atoms with Gasteiger partial charge >= 0.3 is 5.97 Å². The fraction of sp³-hybridized carbons (Fsp3) is 0. The Kier molecular flexibility index (Phi) is 2.92. The quantitative estimate of drug-likeness (QED) is 0.856. The Hall–Kier alpha value is -2.52. The van der Waals surface area contributed by atoms with Gasteiger partial charge in [-0.3, -0.25) is 0 Å². The Morgan fingerprint density at radius 1 is 1.56 bits per heavy atom. The van der Waals surface area contributed by atoms with Gasteiger partial charge in [-0.15, -0.1) is 0 Å². The maximum absolute atomic E-state index is 10.8. The number of carbonyl (C=O) groups is 1. The highest BCUT2D eigenvalue weighted by Crippen LogP contribution is 2.21. The number of halogens is 1. The highest BCUT2D eigenvalue weighted by molar-refractivity contribution is 6.30. The minimum absolute atomic E-state index is 0.0198. The lowest BCUT2D eigenvalue weighted by atomic mass is 10.2. The molecule has 1 aromatic carbocycles. The molecule has 18 heavy (non-hydrogen) atoms. The van der Waals surface area contributed by atoms with Crippen molar-refractivity contribution in [2.45, 2.75) is 0 Å². The first-order valence-corrected chi connectivity index (χ1v) is 5.19. The Morgan fingerprint density at radius 3 is 2.83 bits per heavy atom. The number of anilines is 1. The molecule has 1 heterocycles. The van der Waals surface area contributed by atoms with Gasteiger partial charge in [0.05, 0.1) is 23.1 Å². The second-order valence-corrected chi connectivity index (χ2v) is 3.89. The van der Waals surface area contributed by atoms with Gasteiger partial charge in [0, 0.05) is 5.02 Å². The highest BCUT2D eigenvalue weighted by atomic mass is 35.5. The van der Waals surface area contributed by atoms with Crippen LogP contribution < -0.4 is 5.73 Å². The van der Waals surface area contributed by atoms with Crippen molar-refractivity contribution < 1.29 is 9.90 Å². The van der Waals surface area contributed by atoms with Crippen LogP contribution in [0.5, 0.6) is 0 Å². The zero-order chi connectivity index (χ0) is 13.3. The molecule has 6 nitrogen and oxygen atoms in total. The summed E-state index contributed by atoms with van der Waals surface area (Å²) >= 11 is 5.83. The smallest absolute Gasteiger partial charge is 0.358 e. The summed E-state index contributed by atoms with van der Waals surface area (Å²) in [4.78, 5) is 10.8. The molecule has 0 aliphatic rings. The number of carboxylic acids is 1. The van der Waals surface area contributed by atoms with Gasteiger partial charge in [0.2, 0.25) is 0 Å². The monoisotopic (exact) mass is 262 g/mol. The van der Waals surface area contributed by atoms with Crippen LogP contribution in [0.25, 0.3) is 5.69 Å². The summed E-state index contributed by atoms with van der Waals surface area (Å²) in [5.41, 5.74) is 5.98. The summed E-state index contributed by atoms with van der Waals surface area (Å²) < 4.78 is 1.23. The number of carboxylic acid groups (broad SMARTS) is 1. The standard InChI is InChI=1S/C11H7ClN4O2/c12-7-2-1-6(4-13)9(3-7)16-5-8(14)10(15-16)11(17)18/h1-3,5H,14H2,(H,17,18). The molecule has 1 aromatic heterocycles. The lowest BCUT2D eigenvalue weighted by molar-refractivity contribution is 0.0691. The van der Waals surface area contributed by atoms with Gasteiger partial charge in [0.1, 0.15) is 6.07 Å². The third-order valence-electron chi connectivity index (χ3n) is 2.27. The maximum atomic E-state index is 10.8. The SMILES string of the molecule is N#Cc1ccc(Cl)cc1-n1cc(N)c(C(=O)O)n1. The summed E-state index contributed by atoms with van der Waals surface area (Å²) in [7, 11) is 0. The zero-order valence-corrected chi connectivity index (χ0v) is 9.72. The molecule has 0 atom stereocenters. The van der Waals surface area contributed by atoms with Crippen LogP contribution in [-0.4, -0.2) is 20.9 Å². The average molecular weight is 263 g/mol. The Bertz CT molecular complexity index is 672. The van der Waals surface area contributed by atoms with Crippen molar-refractivity contribution in [1.82, 2.24) is 9.78 Å². The van der Waals surface area contributed by atoms with E-state index in [9.17, 15) is 4.79 Å². The molecular formula is C11H7ClN4O2. The van der Waals surface area contributed by atoms with E-state index < -0.39 is 5.97 Å². The molecule has 2 aromatic rings. The zero-order valence-electron chi connectivity index (χ0n) is 8.96. The first kappa shape index (κ1) is 12.0. The second kappa shape index (κ2) is 4.39. The van der Waals surface area contributed by atoms with Gasteiger partial charge in [0.15, 0.2) is 5.69 Å². The first-order chi connectivity index (χ1) is 8.52. The molecule has 90 valence electrons. The predicted octanol–water partition coefficient (Wildman–Crippen LogP) is 1.68. The third kappa shape index (κ3) is 1.99. The molecule has 0 saturated carbocycles. The number of aromatic carboxylic acids is 1. The number of aromatic nitrogens is 2. The van der Waals surface area contributed by atoms with E-state index in [1.807, 2.05) is 6.07 Å². The van der Waals surface area contributed by atoms with Crippen molar-refractivity contribution in [3.63, 3.8) is 0 Å². The minimum Gasteiger partial charge on any atom is -0.476 e. The van der Waals surface area contributed by atoms with E-state index in [4.69, 9.17) is 27.7 Å².